The molecule has 0 amide bonds. The van der Waals surface area contributed by atoms with Crippen LogP contribution in [0.25, 0.3) is 0 Å². The summed E-state index contributed by atoms with van der Waals surface area (Å²) in [6, 6.07) is 8.06. The van der Waals surface area contributed by atoms with Crippen LogP contribution in [0.1, 0.15) is 26.3 Å². The van der Waals surface area contributed by atoms with Crippen molar-refractivity contribution < 1.29 is 0 Å². The van der Waals surface area contributed by atoms with E-state index in [1.165, 1.54) is 5.56 Å². The molecule has 2 N–H and O–H groups in total. The zero-order valence-electron chi connectivity index (χ0n) is 9.42. The standard InChI is InChI=1S/C12H17ClN2/c1-12(2,3)9-4-6-10(7-5-9)15-11(14)8-13/h4-7H,8H2,1-3H3,(H2,14,15). The molecule has 0 aromatic heterocycles. The van der Waals surface area contributed by atoms with E-state index in [1.807, 2.05) is 12.1 Å². The summed E-state index contributed by atoms with van der Waals surface area (Å²) in [5, 5.41) is 0. The summed E-state index contributed by atoms with van der Waals surface area (Å²) in [7, 11) is 0. The van der Waals surface area contributed by atoms with Gasteiger partial charge in [-0.3, -0.25) is 0 Å². The quantitative estimate of drug-likeness (QED) is 0.468. The highest BCUT2D eigenvalue weighted by molar-refractivity contribution is 6.28. The van der Waals surface area contributed by atoms with Crippen molar-refractivity contribution in [1.29, 1.82) is 0 Å². The number of hydrogen-bond donors (Lipinski definition) is 1. The molecule has 2 nitrogen and oxygen atoms in total. The lowest BCUT2D eigenvalue weighted by Crippen LogP contribution is -2.12. The van der Waals surface area contributed by atoms with E-state index in [-0.39, 0.29) is 11.3 Å². The summed E-state index contributed by atoms with van der Waals surface area (Å²) in [5.41, 5.74) is 7.85. The Kier molecular flexibility index (Phi) is 3.75. The molecule has 0 unspecified atom stereocenters. The van der Waals surface area contributed by atoms with Gasteiger partial charge in [-0.2, -0.15) is 0 Å². The lowest BCUT2D eigenvalue weighted by atomic mass is 9.87. The molecule has 3 heteroatoms. The zero-order chi connectivity index (χ0) is 11.5. The minimum absolute atomic E-state index is 0.167. The van der Waals surface area contributed by atoms with Crippen molar-refractivity contribution in [3.8, 4) is 0 Å². The second-order valence-corrected chi connectivity index (χ2v) is 4.80. The van der Waals surface area contributed by atoms with Crippen molar-refractivity contribution in [3.63, 3.8) is 0 Å². The number of alkyl halides is 1. The van der Waals surface area contributed by atoms with Gasteiger partial charge in [-0.1, -0.05) is 32.9 Å². The number of hydrogen-bond acceptors (Lipinski definition) is 1. The molecule has 0 aliphatic rings. The van der Waals surface area contributed by atoms with Gasteiger partial charge in [0, 0.05) is 0 Å². The van der Waals surface area contributed by atoms with Crippen LogP contribution < -0.4 is 5.73 Å². The average Bonchev–Trinajstić information content (AvgIpc) is 2.17. The zero-order valence-corrected chi connectivity index (χ0v) is 10.2. The van der Waals surface area contributed by atoms with Gasteiger partial charge in [-0.25, -0.2) is 4.99 Å². The molecule has 82 valence electrons. The fraction of sp³-hybridized carbons (Fsp3) is 0.417. The van der Waals surface area contributed by atoms with Crippen LogP contribution >= 0.6 is 11.6 Å². The molecule has 0 bridgehead atoms. The Bertz CT molecular complexity index is 347. The summed E-state index contributed by atoms with van der Waals surface area (Å²) in [6.45, 7) is 6.54. The van der Waals surface area contributed by atoms with E-state index in [4.69, 9.17) is 17.3 Å². The number of benzene rings is 1. The fourth-order valence-corrected chi connectivity index (χ4v) is 1.29. The number of aliphatic imine (C=N–C) groups is 1. The number of halogens is 1. The monoisotopic (exact) mass is 224 g/mol. The minimum atomic E-state index is 0.167. The Hall–Kier alpha value is -1.02. The lowest BCUT2D eigenvalue weighted by molar-refractivity contribution is 0.590. The summed E-state index contributed by atoms with van der Waals surface area (Å²) >= 11 is 5.55. The van der Waals surface area contributed by atoms with Crippen LogP contribution in [0, 0.1) is 0 Å². The number of rotatable bonds is 2. The van der Waals surface area contributed by atoms with E-state index in [0.717, 1.165) is 5.69 Å². The first-order valence-corrected chi connectivity index (χ1v) is 5.46. The molecule has 0 spiro atoms. The number of nitrogens with two attached hydrogens (primary N) is 1. The molecule has 0 saturated heterocycles. The molecule has 1 aromatic rings. The van der Waals surface area contributed by atoms with Crippen LogP contribution in [0.2, 0.25) is 0 Å². The molecule has 0 fully saturated rings. The van der Waals surface area contributed by atoms with E-state index in [2.05, 4.69) is 37.9 Å². The lowest BCUT2D eigenvalue weighted by Gasteiger charge is -2.18. The predicted molar refractivity (Wildman–Crippen MR) is 67.1 cm³/mol. The third-order valence-corrected chi connectivity index (χ3v) is 2.42. The minimum Gasteiger partial charge on any atom is -0.386 e. The van der Waals surface area contributed by atoms with Gasteiger partial charge in [0.15, 0.2) is 0 Å². The first-order chi connectivity index (χ1) is 6.93. The van der Waals surface area contributed by atoms with Crippen LogP contribution in [0.4, 0.5) is 5.69 Å². The SMILES string of the molecule is CC(C)(C)c1ccc(N=C(N)CCl)cc1. The highest BCUT2D eigenvalue weighted by atomic mass is 35.5. The Morgan fingerprint density at radius 2 is 1.80 bits per heavy atom. The summed E-state index contributed by atoms with van der Waals surface area (Å²) in [5.74, 6) is 0.710. The molecule has 0 aliphatic heterocycles. The van der Waals surface area contributed by atoms with Crippen molar-refractivity contribution >= 4 is 23.1 Å². The van der Waals surface area contributed by atoms with E-state index >= 15 is 0 Å². The third-order valence-electron chi connectivity index (χ3n) is 2.14. The first-order valence-electron chi connectivity index (χ1n) is 4.93. The van der Waals surface area contributed by atoms with E-state index in [1.54, 1.807) is 0 Å². The molecule has 0 aliphatic carbocycles. The maximum Gasteiger partial charge on any atom is 0.115 e. The van der Waals surface area contributed by atoms with Crippen molar-refractivity contribution in [1.82, 2.24) is 0 Å². The second-order valence-electron chi connectivity index (χ2n) is 4.53. The van der Waals surface area contributed by atoms with Gasteiger partial charge in [-0.15, -0.1) is 11.6 Å². The smallest absolute Gasteiger partial charge is 0.115 e. The second kappa shape index (κ2) is 4.67. The van der Waals surface area contributed by atoms with Crippen LogP contribution in [0.15, 0.2) is 29.3 Å². The van der Waals surface area contributed by atoms with Crippen molar-refractivity contribution in [3.05, 3.63) is 29.8 Å². The first kappa shape index (κ1) is 12.1. The Morgan fingerprint density at radius 1 is 1.27 bits per heavy atom. The van der Waals surface area contributed by atoms with Crippen molar-refractivity contribution in [2.24, 2.45) is 10.7 Å². The van der Waals surface area contributed by atoms with Gasteiger partial charge in [-0.05, 0) is 23.1 Å². The van der Waals surface area contributed by atoms with Crippen LogP contribution in [0.5, 0.6) is 0 Å². The number of amidine groups is 1. The summed E-state index contributed by atoms with van der Waals surface area (Å²) in [4.78, 5) is 4.16. The Morgan fingerprint density at radius 3 is 2.20 bits per heavy atom. The normalized spacial score (nSPS) is 12.9. The molecule has 0 atom stereocenters. The summed E-state index contributed by atoms with van der Waals surface area (Å²) in [6.07, 6.45) is 0. The topological polar surface area (TPSA) is 38.4 Å². The van der Waals surface area contributed by atoms with Gasteiger partial charge in [0.1, 0.15) is 5.84 Å². The van der Waals surface area contributed by atoms with Gasteiger partial charge in [0.25, 0.3) is 0 Å². The van der Waals surface area contributed by atoms with Crippen molar-refractivity contribution in [2.75, 3.05) is 5.88 Å². The molecular formula is C12H17ClN2. The molecule has 15 heavy (non-hydrogen) atoms. The fourth-order valence-electron chi connectivity index (χ4n) is 1.23. The summed E-state index contributed by atoms with van der Waals surface area (Å²) < 4.78 is 0. The number of nitrogens with zero attached hydrogens (tertiary/aromatic N) is 1. The van der Waals surface area contributed by atoms with Gasteiger partial charge in [0.2, 0.25) is 0 Å². The molecule has 1 rings (SSSR count). The van der Waals surface area contributed by atoms with Crippen LogP contribution in [0.3, 0.4) is 0 Å². The molecule has 0 saturated carbocycles. The van der Waals surface area contributed by atoms with E-state index < -0.39 is 0 Å². The van der Waals surface area contributed by atoms with E-state index in [9.17, 15) is 0 Å². The van der Waals surface area contributed by atoms with Crippen LogP contribution in [-0.2, 0) is 5.41 Å². The average molecular weight is 225 g/mol. The Balaban J connectivity index is 2.91. The predicted octanol–water partition coefficient (Wildman–Crippen LogP) is 3.21. The Labute approximate surface area is 96.2 Å². The van der Waals surface area contributed by atoms with E-state index in [0.29, 0.717) is 5.84 Å². The molecular weight excluding hydrogens is 208 g/mol. The van der Waals surface area contributed by atoms with Crippen molar-refractivity contribution in [2.45, 2.75) is 26.2 Å². The highest BCUT2D eigenvalue weighted by Crippen LogP contribution is 2.24. The molecule has 0 radical (unpaired) electrons. The maximum atomic E-state index is 5.55. The maximum absolute atomic E-state index is 5.55. The van der Waals surface area contributed by atoms with Gasteiger partial charge < -0.3 is 5.73 Å². The highest BCUT2D eigenvalue weighted by Gasteiger charge is 2.12. The van der Waals surface area contributed by atoms with Gasteiger partial charge >= 0.3 is 0 Å². The molecule has 0 heterocycles. The van der Waals surface area contributed by atoms with Gasteiger partial charge in [0.05, 0.1) is 11.6 Å². The third kappa shape index (κ3) is 3.56. The largest absolute Gasteiger partial charge is 0.386 e. The van der Waals surface area contributed by atoms with Crippen LogP contribution in [-0.4, -0.2) is 11.7 Å². The molecule has 1 aromatic carbocycles.